The first-order valence-corrected chi connectivity index (χ1v) is 14.8. The van der Waals surface area contributed by atoms with Gasteiger partial charge in [0.05, 0.1) is 6.61 Å². The van der Waals surface area contributed by atoms with Crippen molar-refractivity contribution in [3.8, 4) is 5.75 Å². The second kappa shape index (κ2) is 15.2. The zero-order valence-corrected chi connectivity index (χ0v) is 25.6. The van der Waals surface area contributed by atoms with Gasteiger partial charge in [-0.25, -0.2) is 0 Å². The standard InChI is InChI=1S/C35H37ClN4O4/c1-3-44-30-19-13-24(14-20-30)21-31(39-32(41)27-7-5-4-6-8-27)33(42)40-35(2,28-15-17-29(36)18-16-28)34(43)38-23-26-11-9-25(22-37)10-12-26/h4-20,31H,3,21-23,37H2,1-2H3,(H,38,43)(H,39,41)(H,40,42)/t31-,35+/m1/s1. The van der Waals surface area contributed by atoms with Gasteiger partial charge in [-0.15, -0.1) is 0 Å². The monoisotopic (exact) mass is 612 g/mol. The Kier molecular flexibility index (Phi) is 11.1. The highest BCUT2D eigenvalue weighted by Crippen LogP contribution is 2.24. The lowest BCUT2D eigenvalue weighted by atomic mass is 9.89. The third kappa shape index (κ3) is 8.46. The van der Waals surface area contributed by atoms with Crippen molar-refractivity contribution < 1.29 is 19.1 Å². The summed E-state index contributed by atoms with van der Waals surface area (Å²) in [4.78, 5) is 41.0. The zero-order chi connectivity index (χ0) is 31.5. The minimum atomic E-state index is -1.49. The van der Waals surface area contributed by atoms with Crippen molar-refractivity contribution in [3.63, 3.8) is 0 Å². The molecule has 0 saturated carbocycles. The summed E-state index contributed by atoms with van der Waals surface area (Å²) in [6, 6.07) is 29.3. The van der Waals surface area contributed by atoms with Crippen molar-refractivity contribution in [1.82, 2.24) is 16.0 Å². The van der Waals surface area contributed by atoms with Crippen LogP contribution in [0.25, 0.3) is 0 Å². The molecule has 0 aliphatic carbocycles. The van der Waals surface area contributed by atoms with Crippen molar-refractivity contribution in [1.29, 1.82) is 0 Å². The number of hydrogen-bond donors (Lipinski definition) is 4. The number of amides is 3. The highest BCUT2D eigenvalue weighted by molar-refractivity contribution is 6.30. The Balaban J connectivity index is 1.61. The normalized spacial score (nSPS) is 12.8. The van der Waals surface area contributed by atoms with Crippen LogP contribution in [0, 0.1) is 0 Å². The van der Waals surface area contributed by atoms with E-state index in [1.54, 1.807) is 55.5 Å². The van der Waals surface area contributed by atoms with Crippen molar-refractivity contribution in [3.05, 3.63) is 136 Å². The molecule has 0 saturated heterocycles. The Labute approximate surface area is 263 Å². The van der Waals surface area contributed by atoms with Crippen molar-refractivity contribution in [2.24, 2.45) is 5.73 Å². The maximum absolute atomic E-state index is 14.0. The van der Waals surface area contributed by atoms with E-state index in [-0.39, 0.29) is 13.0 Å². The van der Waals surface area contributed by atoms with E-state index in [2.05, 4.69) is 16.0 Å². The molecule has 4 aromatic rings. The number of nitrogens with one attached hydrogen (secondary N) is 3. The molecule has 4 rings (SSSR count). The summed E-state index contributed by atoms with van der Waals surface area (Å²) in [7, 11) is 0. The fraction of sp³-hybridized carbons (Fsp3) is 0.229. The first-order valence-electron chi connectivity index (χ1n) is 14.4. The van der Waals surface area contributed by atoms with E-state index in [0.717, 1.165) is 16.7 Å². The number of benzene rings is 4. The van der Waals surface area contributed by atoms with Gasteiger partial charge in [-0.1, -0.05) is 78.3 Å². The number of carbonyl (C=O) groups is 3. The molecule has 4 aromatic carbocycles. The van der Waals surface area contributed by atoms with Gasteiger partial charge in [0, 0.05) is 30.1 Å². The average Bonchev–Trinajstić information content (AvgIpc) is 3.05. The number of nitrogens with two attached hydrogens (primary N) is 1. The topological polar surface area (TPSA) is 123 Å². The predicted molar refractivity (Wildman–Crippen MR) is 172 cm³/mol. The first kappa shape index (κ1) is 32.3. The summed E-state index contributed by atoms with van der Waals surface area (Å²) in [5.41, 5.74) is 7.82. The maximum Gasteiger partial charge on any atom is 0.251 e. The molecule has 0 fully saturated rings. The molecule has 5 N–H and O–H groups in total. The Morgan fingerprint density at radius 3 is 2.07 bits per heavy atom. The molecule has 0 radical (unpaired) electrons. The van der Waals surface area contributed by atoms with Gasteiger partial charge in [-0.2, -0.15) is 0 Å². The molecule has 44 heavy (non-hydrogen) atoms. The van der Waals surface area contributed by atoms with Gasteiger partial charge in [0.25, 0.3) is 5.91 Å². The molecule has 228 valence electrons. The van der Waals surface area contributed by atoms with Crippen molar-refractivity contribution in [2.75, 3.05) is 6.61 Å². The van der Waals surface area contributed by atoms with Crippen molar-refractivity contribution >= 4 is 29.3 Å². The molecule has 2 atom stereocenters. The molecule has 0 spiro atoms. The van der Waals surface area contributed by atoms with Gasteiger partial charge in [0.1, 0.15) is 17.3 Å². The lowest BCUT2D eigenvalue weighted by molar-refractivity contribution is -0.134. The van der Waals surface area contributed by atoms with Crippen LogP contribution in [0.5, 0.6) is 5.75 Å². The van der Waals surface area contributed by atoms with Crippen LogP contribution in [-0.4, -0.2) is 30.4 Å². The zero-order valence-electron chi connectivity index (χ0n) is 24.8. The SMILES string of the molecule is CCOc1ccc(C[C@@H](NC(=O)c2ccccc2)C(=O)N[C@](C)(C(=O)NCc2ccc(CN)cc2)c2ccc(Cl)cc2)cc1. The predicted octanol–water partition coefficient (Wildman–Crippen LogP) is 4.89. The van der Waals surface area contributed by atoms with Gasteiger partial charge in [-0.3, -0.25) is 14.4 Å². The lowest BCUT2D eigenvalue weighted by Crippen LogP contribution is -2.59. The molecule has 0 aliphatic rings. The third-order valence-electron chi connectivity index (χ3n) is 7.29. The van der Waals surface area contributed by atoms with Gasteiger partial charge in [0.15, 0.2) is 0 Å². The number of hydrogen-bond acceptors (Lipinski definition) is 5. The number of carbonyl (C=O) groups excluding carboxylic acids is 3. The molecule has 8 nitrogen and oxygen atoms in total. The van der Waals surface area contributed by atoms with Crippen LogP contribution < -0.4 is 26.4 Å². The van der Waals surface area contributed by atoms with E-state index >= 15 is 0 Å². The largest absolute Gasteiger partial charge is 0.494 e. The summed E-state index contributed by atoms with van der Waals surface area (Å²) in [5.74, 6) is -0.654. The second-order valence-electron chi connectivity index (χ2n) is 10.5. The summed E-state index contributed by atoms with van der Waals surface area (Å²) in [5, 5.41) is 9.25. The summed E-state index contributed by atoms with van der Waals surface area (Å²) >= 11 is 6.15. The van der Waals surface area contributed by atoms with Crippen LogP contribution in [0.1, 0.15) is 46.5 Å². The third-order valence-corrected chi connectivity index (χ3v) is 7.54. The highest BCUT2D eigenvalue weighted by Gasteiger charge is 2.39. The molecule has 9 heteroatoms. The number of rotatable bonds is 13. The van der Waals surface area contributed by atoms with E-state index in [1.165, 1.54) is 0 Å². The number of halogens is 1. The quantitative estimate of drug-likeness (QED) is 0.171. The van der Waals surface area contributed by atoms with E-state index in [4.69, 9.17) is 22.1 Å². The van der Waals surface area contributed by atoms with E-state index in [0.29, 0.717) is 35.1 Å². The summed E-state index contributed by atoms with van der Waals surface area (Å²) in [6.45, 7) is 4.73. The van der Waals surface area contributed by atoms with Crippen LogP contribution in [0.2, 0.25) is 5.02 Å². The molecule has 0 bridgehead atoms. The molecule has 0 unspecified atom stereocenters. The van der Waals surface area contributed by atoms with Gasteiger partial charge in [-0.05, 0) is 72.5 Å². The smallest absolute Gasteiger partial charge is 0.251 e. The second-order valence-corrected chi connectivity index (χ2v) is 10.9. The fourth-order valence-electron chi connectivity index (χ4n) is 4.69. The molecule has 0 aliphatic heterocycles. The average molecular weight is 613 g/mol. The van der Waals surface area contributed by atoms with E-state index in [1.807, 2.05) is 61.5 Å². The Morgan fingerprint density at radius 1 is 0.841 bits per heavy atom. The first-order chi connectivity index (χ1) is 21.2. The van der Waals surface area contributed by atoms with Gasteiger partial charge >= 0.3 is 0 Å². The molecule has 3 amide bonds. The fourth-order valence-corrected chi connectivity index (χ4v) is 4.82. The van der Waals surface area contributed by atoms with Crippen LogP contribution in [0.15, 0.2) is 103 Å². The van der Waals surface area contributed by atoms with Gasteiger partial charge in [0.2, 0.25) is 11.8 Å². The Bertz CT molecular complexity index is 1540. The summed E-state index contributed by atoms with van der Waals surface area (Å²) in [6.07, 6.45) is 0.183. The lowest BCUT2D eigenvalue weighted by Gasteiger charge is -2.32. The Morgan fingerprint density at radius 2 is 1.45 bits per heavy atom. The van der Waals surface area contributed by atoms with Crippen LogP contribution in [0.3, 0.4) is 0 Å². The van der Waals surface area contributed by atoms with Crippen LogP contribution in [0.4, 0.5) is 0 Å². The van der Waals surface area contributed by atoms with Gasteiger partial charge < -0.3 is 26.4 Å². The number of ether oxygens (including phenoxy) is 1. The molecular weight excluding hydrogens is 576 g/mol. The molecular formula is C35H37ClN4O4. The van der Waals surface area contributed by atoms with E-state index in [9.17, 15) is 14.4 Å². The van der Waals surface area contributed by atoms with E-state index < -0.39 is 29.3 Å². The minimum Gasteiger partial charge on any atom is -0.494 e. The van der Waals surface area contributed by atoms with Crippen LogP contribution >= 0.6 is 11.6 Å². The Hall–Kier alpha value is -4.66. The molecule has 0 aromatic heterocycles. The molecule has 0 heterocycles. The maximum atomic E-state index is 14.0. The van der Waals surface area contributed by atoms with Crippen molar-refractivity contribution in [2.45, 2.75) is 44.9 Å². The minimum absolute atomic E-state index is 0.183. The van der Waals surface area contributed by atoms with Crippen LogP contribution in [-0.2, 0) is 34.6 Å². The highest BCUT2D eigenvalue weighted by atomic mass is 35.5. The summed E-state index contributed by atoms with van der Waals surface area (Å²) < 4.78 is 5.54.